The number of carbonyl (C=O) groups is 3. The first-order chi connectivity index (χ1) is 12.2. The molecule has 0 spiro atoms. The van der Waals surface area contributed by atoms with E-state index in [0.29, 0.717) is 29.3 Å². The van der Waals surface area contributed by atoms with Gasteiger partial charge < -0.3 is 21.2 Å². The van der Waals surface area contributed by atoms with Gasteiger partial charge in [0.05, 0.1) is 15.7 Å². The first kappa shape index (κ1) is 18.8. The molecular formula is C18H21N3O3S. The van der Waals surface area contributed by atoms with Crippen LogP contribution in [0.2, 0.25) is 0 Å². The Morgan fingerprint density at radius 3 is 2.28 bits per heavy atom. The molecule has 6 nitrogen and oxygen atoms in total. The molecule has 2 rings (SSSR count). The maximum Gasteiger partial charge on any atom is 0.261 e. The van der Waals surface area contributed by atoms with Crippen molar-refractivity contribution in [2.75, 3.05) is 19.6 Å². The Morgan fingerprint density at radius 1 is 1.04 bits per heavy atom. The number of benzene rings is 1. The van der Waals surface area contributed by atoms with Gasteiger partial charge in [-0.15, -0.1) is 11.3 Å². The van der Waals surface area contributed by atoms with Crippen LogP contribution in [0.4, 0.5) is 0 Å². The van der Waals surface area contributed by atoms with Crippen LogP contribution in [-0.4, -0.2) is 37.7 Å². The Morgan fingerprint density at radius 2 is 1.68 bits per heavy atom. The second-order valence-corrected chi connectivity index (χ2v) is 6.51. The number of rotatable bonds is 9. The van der Waals surface area contributed by atoms with Crippen LogP contribution in [0.25, 0.3) is 0 Å². The Balaban J connectivity index is 1.90. The quantitative estimate of drug-likeness (QED) is 0.467. The average Bonchev–Trinajstić information content (AvgIpc) is 3.13. The summed E-state index contributed by atoms with van der Waals surface area (Å²) in [5, 5.41) is 5.49. The predicted octanol–water partition coefficient (Wildman–Crippen LogP) is 1.54. The van der Waals surface area contributed by atoms with Gasteiger partial charge in [0.15, 0.2) is 0 Å². The molecule has 0 saturated heterocycles. The molecule has 4 N–H and O–H groups in total. The molecule has 7 heteroatoms. The Labute approximate surface area is 150 Å². The fraction of sp³-hybridized carbons (Fsp3) is 0.278. The van der Waals surface area contributed by atoms with E-state index in [-0.39, 0.29) is 18.4 Å². The second kappa shape index (κ2) is 9.71. The first-order valence-corrected chi connectivity index (χ1v) is 8.84. The van der Waals surface area contributed by atoms with Gasteiger partial charge in [0.1, 0.15) is 6.29 Å². The summed E-state index contributed by atoms with van der Waals surface area (Å²) in [7, 11) is 0. The molecular weight excluding hydrogens is 338 g/mol. The molecule has 1 aromatic carbocycles. The van der Waals surface area contributed by atoms with E-state index in [2.05, 4.69) is 10.6 Å². The molecule has 1 atom stereocenters. The number of amides is 2. The van der Waals surface area contributed by atoms with Crippen LogP contribution in [0, 0.1) is 0 Å². The van der Waals surface area contributed by atoms with Crippen LogP contribution >= 0.6 is 11.3 Å². The van der Waals surface area contributed by atoms with E-state index < -0.39 is 5.92 Å². The van der Waals surface area contributed by atoms with Crippen molar-refractivity contribution in [3.8, 4) is 0 Å². The molecule has 0 fully saturated rings. The van der Waals surface area contributed by atoms with Gasteiger partial charge in [-0.05, 0) is 30.7 Å². The highest BCUT2D eigenvalue weighted by atomic mass is 32.1. The standard InChI is InChI=1S/C18H21N3O3S/c19-9-4-10-20-17(23)15-7-8-16(25-15)18(24)21-11-14(12-22)13-5-2-1-3-6-13/h1-3,5-8,12,14H,4,9-11,19H2,(H,20,23)(H,21,24). The van der Waals surface area contributed by atoms with Crippen molar-refractivity contribution in [2.24, 2.45) is 5.73 Å². The van der Waals surface area contributed by atoms with Crippen LogP contribution in [0.1, 0.15) is 37.2 Å². The van der Waals surface area contributed by atoms with Crippen LogP contribution in [0.15, 0.2) is 42.5 Å². The molecule has 0 radical (unpaired) electrons. The highest BCUT2D eigenvalue weighted by Crippen LogP contribution is 2.17. The van der Waals surface area contributed by atoms with E-state index in [1.54, 1.807) is 12.1 Å². The van der Waals surface area contributed by atoms with E-state index in [1.807, 2.05) is 30.3 Å². The number of thiophene rings is 1. The lowest BCUT2D eigenvalue weighted by Gasteiger charge is -2.11. The van der Waals surface area contributed by atoms with Gasteiger partial charge in [0.25, 0.3) is 11.8 Å². The van der Waals surface area contributed by atoms with Crippen molar-refractivity contribution in [1.29, 1.82) is 0 Å². The zero-order chi connectivity index (χ0) is 18.1. The largest absolute Gasteiger partial charge is 0.351 e. The van der Waals surface area contributed by atoms with Gasteiger partial charge >= 0.3 is 0 Å². The van der Waals surface area contributed by atoms with Crippen molar-refractivity contribution in [3.63, 3.8) is 0 Å². The van der Waals surface area contributed by atoms with Crippen LogP contribution in [0.5, 0.6) is 0 Å². The molecule has 2 aromatic rings. The molecule has 25 heavy (non-hydrogen) atoms. The van der Waals surface area contributed by atoms with Crippen LogP contribution in [0.3, 0.4) is 0 Å². The summed E-state index contributed by atoms with van der Waals surface area (Å²) in [5.74, 6) is -0.912. The summed E-state index contributed by atoms with van der Waals surface area (Å²) in [6.07, 6.45) is 1.53. The van der Waals surface area contributed by atoms with Crippen molar-refractivity contribution in [3.05, 3.63) is 57.8 Å². The normalized spacial score (nSPS) is 11.6. The Kier molecular flexibility index (Phi) is 7.31. The summed E-state index contributed by atoms with van der Waals surface area (Å²) in [6.45, 7) is 1.23. The van der Waals surface area contributed by atoms with Gasteiger partial charge in [-0.2, -0.15) is 0 Å². The predicted molar refractivity (Wildman–Crippen MR) is 97.9 cm³/mol. The fourth-order valence-corrected chi connectivity index (χ4v) is 3.05. The monoisotopic (exact) mass is 359 g/mol. The van der Waals surface area contributed by atoms with E-state index in [1.165, 1.54) is 0 Å². The van der Waals surface area contributed by atoms with E-state index in [4.69, 9.17) is 5.73 Å². The smallest absolute Gasteiger partial charge is 0.261 e. The average molecular weight is 359 g/mol. The van der Waals surface area contributed by atoms with Crippen LogP contribution < -0.4 is 16.4 Å². The molecule has 0 aliphatic rings. The van der Waals surface area contributed by atoms with Crippen molar-refractivity contribution in [1.82, 2.24) is 10.6 Å². The van der Waals surface area contributed by atoms with Crippen molar-refractivity contribution in [2.45, 2.75) is 12.3 Å². The zero-order valence-electron chi connectivity index (χ0n) is 13.7. The highest BCUT2D eigenvalue weighted by Gasteiger charge is 2.16. The summed E-state index contributed by atoms with van der Waals surface area (Å²) in [4.78, 5) is 36.3. The van der Waals surface area contributed by atoms with E-state index in [0.717, 1.165) is 23.2 Å². The lowest BCUT2D eigenvalue weighted by Crippen LogP contribution is -2.28. The molecule has 132 valence electrons. The van der Waals surface area contributed by atoms with Gasteiger partial charge in [-0.25, -0.2) is 0 Å². The minimum absolute atomic E-state index is 0.211. The van der Waals surface area contributed by atoms with Crippen molar-refractivity contribution >= 4 is 29.4 Å². The minimum Gasteiger partial charge on any atom is -0.351 e. The summed E-state index contributed by atoms with van der Waals surface area (Å²) >= 11 is 1.12. The molecule has 0 aliphatic carbocycles. The highest BCUT2D eigenvalue weighted by molar-refractivity contribution is 7.15. The first-order valence-electron chi connectivity index (χ1n) is 8.02. The number of hydrogen-bond acceptors (Lipinski definition) is 5. The van der Waals surface area contributed by atoms with Crippen LogP contribution in [-0.2, 0) is 4.79 Å². The fourth-order valence-electron chi connectivity index (χ4n) is 2.21. The molecule has 0 aliphatic heterocycles. The molecule has 1 unspecified atom stereocenters. The van der Waals surface area contributed by atoms with Gasteiger partial charge in [0.2, 0.25) is 0 Å². The van der Waals surface area contributed by atoms with Crippen molar-refractivity contribution < 1.29 is 14.4 Å². The number of aldehydes is 1. The molecule has 2 amide bonds. The van der Waals surface area contributed by atoms with E-state index in [9.17, 15) is 14.4 Å². The number of hydrogen-bond donors (Lipinski definition) is 3. The molecule has 0 bridgehead atoms. The molecule has 1 heterocycles. The maximum absolute atomic E-state index is 12.2. The van der Waals surface area contributed by atoms with E-state index >= 15 is 0 Å². The van der Waals surface area contributed by atoms with Gasteiger partial charge in [-0.1, -0.05) is 30.3 Å². The minimum atomic E-state index is -0.399. The second-order valence-electron chi connectivity index (χ2n) is 5.43. The number of carbonyl (C=O) groups excluding carboxylic acids is 3. The lowest BCUT2D eigenvalue weighted by molar-refractivity contribution is -0.108. The topological polar surface area (TPSA) is 101 Å². The lowest BCUT2D eigenvalue weighted by atomic mass is 10.0. The summed E-state index contributed by atoms with van der Waals surface area (Å²) < 4.78 is 0. The number of nitrogens with one attached hydrogen (secondary N) is 2. The maximum atomic E-state index is 12.2. The molecule has 1 aromatic heterocycles. The number of nitrogens with two attached hydrogens (primary N) is 1. The Bertz CT molecular complexity index is 715. The Hall–Kier alpha value is -2.51. The zero-order valence-corrected chi connectivity index (χ0v) is 14.6. The van der Waals surface area contributed by atoms with Gasteiger partial charge in [0, 0.05) is 13.1 Å². The third-order valence-corrected chi connectivity index (χ3v) is 4.68. The van der Waals surface area contributed by atoms with Gasteiger partial charge in [-0.3, -0.25) is 9.59 Å². The summed E-state index contributed by atoms with van der Waals surface area (Å²) in [5.41, 5.74) is 6.23. The third kappa shape index (κ3) is 5.51. The summed E-state index contributed by atoms with van der Waals surface area (Å²) in [6, 6.07) is 12.5. The third-order valence-electron chi connectivity index (χ3n) is 3.59. The molecule has 0 saturated carbocycles. The SMILES string of the molecule is NCCCNC(=O)c1ccc(C(=O)NCC(C=O)c2ccccc2)s1.